The Bertz CT molecular complexity index is 429. The van der Waals surface area contributed by atoms with Crippen LogP contribution in [0.5, 0.6) is 0 Å². The van der Waals surface area contributed by atoms with E-state index in [1.165, 1.54) is 0 Å². The van der Waals surface area contributed by atoms with Gasteiger partial charge in [-0.3, -0.25) is 9.59 Å². The quantitative estimate of drug-likeness (QED) is 0.703. The molecule has 1 aliphatic rings. The van der Waals surface area contributed by atoms with Crippen molar-refractivity contribution in [3.05, 3.63) is 0 Å². The normalized spacial score (nSPS) is 28.7. The number of carbonyl (C=O) groups is 2. The van der Waals surface area contributed by atoms with Crippen LogP contribution in [0.3, 0.4) is 0 Å². The monoisotopic (exact) mass is 314 g/mol. The first-order chi connectivity index (χ1) is 9.91. The van der Waals surface area contributed by atoms with Crippen molar-refractivity contribution in [2.24, 2.45) is 11.3 Å². The molecule has 128 valence electrons. The second-order valence-electron chi connectivity index (χ2n) is 7.75. The fourth-order valence-electron chi connectivity index (χ4n) is 2.34. The van der Waals surface area contributed by atoms with E-state index < -0.39 is 16.8 Å². The van der Waals surface area contributed by atoms with Crippen molar-refractivity contribution in [1.29, 1.82) is 0 Å². The molecule has 0 radical (unpaired) electrons. The molecular weight excluding hydrogens is 284 g/mol. The third-order valence-corrected chi connectivity index (χ3v) is 4.06. The first-order valence-corrected chi connectivity index (χ1v) is 8.01. The maximum Gasteiger partial charge on any atom is 0.312 e. The fraction of sp³-hybridized carbons (Fsp3) is 0.882. The molecule has 0 saturated carbocycles. The lowest BCUT2D eigenvalue weighted by molar-refractivity contribution is -0.206. The first-order valence-electron chi connectivity index (χ1n) is 8.01. The molecule has 0 aromatic heterocycles. The van der Waals surface area contributed by atoms with Gasteiger partial charge in [-0.1, -0.05) is 20.8 Å². The Balaban J connectivity index is 2.66. The summed E-state index contributed by atoms with van der Waals surface area (Å²) in [5.41, 5.74) is -1.30. The minimum absolute atomic E-state index is 0.226. The fourth-order valence-corrected chi connectivity index (χ4v) is 2.34. The number of esters is 2. The molecule has 1 saturated heterocycles. The van der Waals surface area contributed by atoms with E-state index in [1.807, 2.05) is 41.5 Å². The third-order valence-electron chi connectivity index (χ3n) is 4.06. The lowest BCUT2D eigenvalue weighted by atomic mass is 9.90. The van der Waals surface area contributed by atoms with Crippen molar-refractivity contribution < 1.29 is 23.8 Å². The van der Waals surface area contributed by atoms with Crippen LogP contribution in [0.1, 0.15) is 67.7 Å². The highest BCUT2D eigenvalue weighted by atomic mass is 16.7. The molecule has 1 aliphatic heterocycles. The molecule has 5 nitrogen and oxygen atoms in total. The molecule has 0 amide bonds. The highest BCUT2D eigenvalue weighted by molar-refractivity contribution is 5.76. The second-order valence-corrected chi connectivity index (χ2v) is 7.75. The number of ether oxygens (including phenoxy) is 3. The average molecular weight is 314 g/mol. The summed E-state index contributed by atoms with van der Waals surface area (Å²) in [5.74, 6) is -1.34. The molecule has 22 heavy (non-hydrogen) atoms. The molecule has 0 spiro atoms. The van der Waals surface area contributed by atoms with E-state index in [2.05, 4.69) is 0 Å². The standard InChI is InChI=1S/C17H30O5/c1-8-15(4,5)14(19)22-16(6)10-17(7,20-11-16)21-13(18)9-12(2)3/h12H,8-11H2,1-7H3. The second kappa shape index (κ2) is 6.57. The summed E-state index contributed by atoms with van der Waals surface area (Å²) in [6.07, 6.45) is 1.39. The van der Waals surface area contributed by atoms with Crippen LogP contribution in [-0.2, 0) is 23.8 Å². The smallest absolute Gasteiger partial charge is 0.312 e. The molecule has 0 aromatic rings. The van der Waals surface area contributed by atoms with E-state index in [-0.39, 0.29) is 24.5 Å². The van der Waals surface area contributed by atoms with Crippen molar-refractivity contribution in [2.75, 3.05) is 6.61 Å². The van der Waals surface area contributed by atoms with Crippen LogP contribution >= 0.6 is 0 Å². The van der Waals surface area contributed by atoms with E-state index in [1.54, 1.807) is 6.92 Å². The van der Waals surface area contributed by atoms with Crippen molar-refractivity contribution in [3.63, 3.8) is 0 Å². The number of carbonyl (C=O) groups excluding carboxylic acids is 2. The van der Waals surface area contributed by atoms with Gasteiger partial charge in [0.1, 0.15) is 5.60 Å². The molecule has 1 rings (SSSR count). The van der Waals surface area contributed by atoms with Crippen LogP contribution in [0, 0.1) is 11.3 Å². The SMILES string of the molecule is CCC(C)(C)C(=O)OC1(C)COC(C)(OC(=O)CC(C)C)C1. The van der Waals surface area contributed by atoms with E-state index in [0.717, 1.165) is 0 Å². The Morgan fingerprint density at radius 1 is 1.23 bits per heavy atom. The van der Waals surface area contributed by atoms with Crippen LogP contribution in [0.25, 0.3) is 0 Å². The van der Waals surface area contributed by atoms with Crippen LogP contribution < -0.4 is 0 Å². The predicted molar refractivity (Wildman–Crippen MR) is 83.1 cm³/mol. The lowest BCUT2D eigenvalue weighted by Gasteiger charge is -2.30. The molecule has 5 heteroatoms. The highest BCUT2D eigenvalue weighted by Gasteiger charge is 2.50. The van der Waals surface area contributed by atoms with Gasteiger partial charge in [-0.2, -0.15) is 0 Å². The zero-order valence-corrected chi connectivity index (χ0v) is 14.9. The van der Waals surface area contributed by atoms with E-state index in [0.29, 0.717) is 19.3 Å². The number of hydrogen-bond acceptors (Lipinski definition) is 5. The highest BCUT2D eigenvalue weighted by Crippen LogP contribution is 2.38. The molecule has 2 atom stereocenters. The zero-order chi connectivity index (χ0) is 17.2. The van der Waals surface area contributed by atoms with E-state index in [4.69, 9.17) is 14.2 Å². The van der Waals surface area contributed by atoms with Crippen LogP contribution in [0.15, 0.2) is 0 Å². The van der Waals surface area contributed by atoms with E-state index >= 15 is 0 Å². The molecule has 2 unspecified atom stereocenters. The summed E-state index contributed by atoms with van der Waals surface area (Å²) in [4.78, 5) is 24.1. The first kappa shape index (κ1) is 18.9. The van der Waals surface area contributed by atoms with Gasteiger partial charge in [0.05, 0.1) is 18.4 Å². The summed E-state index contributed by atoms with van der Waals surface area (Å²) in [6, 6.07) is 0. The lowest BCUT2D eigenvalue weighted by Crippen LogP contribution is -2.39. The minimum Gasteiger partial charge on any atom is -0.456 e. The Morgan fingerprint density at radius 3 is 2.32 bits per heavy atom. The summed E-state index contributed by atoms with van der Waals surface area (Å²) in [5, 5.41) is 0. The maximum atomic E-state index is 12.3. The van der Waals surface area contributed by atoms with Gasteiger partial charge in [0, 0.05) is 13.3 Å². The van der Waals surface area contributed by atoms with Crippen LogP contribution in [0.4, 0.5) is 0 Å². The maximum absolute atomic E-state index is 12.3. The van der Waals surface area contributed by atoms with Crippen molar-refractivity contribution >= 4 is 11.9 Å². The average Bonchev–Trinajstić information content (AvgIpc) is 2.63. The minimum atomic E-state index is -1.03. The van der Waals surface area contributed by atoms with E-state index in [9.17, 15) is 9.59 Å². The van der Waals surface area contributed by atoms with Crippen molar-refractivity contribution in [3.8, 4) is 0 Å². The van der Waals surface area contributed by atoms with Crippen LogP contribution in [-0.4, -0.2) is 29.9 Å². The van der Waals surface area contributed by atoms with Gasteiger partial charge in [-0.05, 0) is 33.1 Å². The Labute approximate surface area is 133 Å². The predicted octanol–water partition coefficient (Wildman–Crippen LogP) is 3.45. The van der Waals surface area contributed by atoms with Gasteiger partial charge in [0.2, 0.25) is 5.79 Å². The van der Waals surface area contributed by atoms with Gasteiger partial charge in [-0.25, -0.2) is 0 Å². The molecule has 0 N–H and O–H groups in total. The largest absolute Gasteiger partial charge is 0.456 e. The number of hydrogen-bond donors (Lipinski definition) is 0. The summed E-state index contributed by atoms with van der Waals surface area (Å²) >= 11 is 0. The Kier molecular flexibility index (Phi) is 5.66. The van der Waals surface area contributed by atoms with Gasteiger partial charge >= 0.3 is 11.9 Å². The molecule has 0 bridgehead atoms. The summed E-state index contributed by atoms with van der Waals surface area (Å²) in [7, 11) is 0. The van der Waals surface area contributed by atoms with Gasteiger partial charge in [0.15, 0.2) is 0 Å². The third kappa shape index (κ3) is 4.97. The summed E-state index contributed by atoms with van der Waals surface area (Å²) < 4.78 is 16.7. The van der Waals surface area contributed by atoms with Crippen molar-refractivity contribution in [2.45, 2.75) is 79.1 Å². The molecule has 1 fully saturated rings. The van der Waals surface area contributed by atoms with Gasteiger partial charge in [0.25, 0.3) is 0 Å². The van der Waals surface area contributed by atoms with Gasteiger partial charge in [-0.15, -0.1) is 0 Å². The Hall–Kier alpha value is -1.10. The topological polar surface area (TPSA) is 61.8 Å². The molecule has 1 heterocycles. The molecule has 0 aromatic carbocycles. The molecule has 0 aliphatic carbocycles. The summed E-state index contributed by atoms with van der Waals surface area (Å²) in [6.45, 7) is 13.3. The Morgan fingerprint density at radius 2 is 1.82 bits per heavy atom. The molecular formula is C17H30O5. The van der Waals surface area contributed by atoms with Gasteiger partial charge < -0.3 is 14.2 Å². The number of rotatable bonds is 6. The van der Waals surface area contributed by atoms with Crippen molar-refractivity contribution in [1.82, 2.24) is 0 Å². The van der Waals surface area contributed by atoms with Crippen LogP contribution in [0.2, 0.25) is 0 Å². The zero-order valence-electron chi connectivity index (χ0n) is 14.9.